The number of hydrogen-bond acceptors (Lipinski definition) is 1. The molecule has 29 heavy (non-hydrogen) atoms. The standard InChI is InChI=1S/C26H28N3/c1-17-13-21-20(16-24(17)29-12-8-11-28(29)6)19-15-23-18(9-7-10-27-23)14-22(19)26(4,5)25(21,2)3/h7-16H,1-6H3/q+1. The summed E-state index contributed by atoms with van der Waals surface area (Å²) in [6.45, 7) is 11.8. The second-order valence-electron chi connectivity index (χ2n) is 9.44. The minimum Gasteiger partial charge on any atom is -0.256 e. The van der Waals surface area contributed by atoms with Crippen molar-refractivity contribution in [1.82, 2.24) is 9.67 Å². The fraction of sp³-hybridized carbons (Fsp3) is 0.308. The summed E-state index contributed by atoms with van der Waals surface area (Å²) in [4.78, 5) is 4.64. The summed E-state index contributed by atoms with van der Waals surface area (Å²) >= 11 is 0. The van der Waals surface area contributed by atoms with E-state index in [-0.39, 0.29) is 10.8 Å². The van der Waals surface area contributed by atoms with Gasteiger partial charge in [0.1, 0.15) is 5.69 Å². The quantitative estimate of drug-likeness (QED) is 0.404. The Labute approximate surface area is 172 Å². The Hall–Kier alpha value is -2.94. The maximum absolute atomic E-state index is 4.64. The van der Waals surface area contributed by atoms with Gasteiger partial charge in [0.2, 0.25) is 0 Å². The maximum atomic E-state index is 4.64. The van der Waals surface area contributed by atoms with Gasteiger partial charge in [0.05, 0.1) is 11.7 Å². The molecule has 0 spiro atoms. The van der Waals surface area contributed by atoms with Crippen LogP contribution in [0.3, 0.4) is 0 Å². The second-order valence-corrected chi connectivity index (χ2v) is 9.44. The summed E-state index contributed by atoms with van der Waals surface area (Å²) in [7, 11) is 2.08. The monoisotopic (exact) mass is 382 g/mol. The summed E-state index contributed by atoms with van der Waals surface area (Å²) < 4.78 is 4.33. The van der Waals surface area contributed by atoms with Gasteiger partial charge in [-0.05, 0) is 69.8 Å². The third-order valence-electron chi connectivity index (χ3n) is 7.39. The Balaban J connectivity index is 1.89. The van der Waals surface area contributed by atoms with E-state index in [1.54, 1.807) is 0 Å². The summed E-state index contributed by atoms with van der Waals surface area (Å²) in [5.41, 5.74) is 9.04. The first-order chi connectivity index (χ1) is 13.7. The number of hydrogen-bond donors (Lipinski definition) is 0. The predicted molar refractivity (Wildman–Crippen MR) is 118 cm³/mol. The highest BCUT2D eigenvalue weighted by atomic mass is 15.4. The van der Waals surface area contributed by atoms with E-state index in [4.69, 9.17) is 0 Å². The zero-order valence-electron chi connectivity index (χ0n) is 18.1. The van der Waals surface area contributed by atoms with Gasteiger partial charge < -0.3 is 0 Å². The molecule has 1 aliphatic rings. The van der Waals surface area contributed by atoms with Crippen LogP contribution in [0.25, 0.3) is 27.7 Å². The number of pyridine rings is 1. The lowest BCUT2D eigenvalue weighted by atomic mass is 9.55. The average molecular weight is 383 g/mol. The van der Waals surface area contributed by atoms with Crippen molar-refractivity contribution in [1.29, 1.82) is 0 Å². The Morgan fingerprint density at radius 3 is 2.28 bits per heavy atom. The van der Waals surface area contributed by atoms with Gasteiger partial charge in [-0.2, -0.15) is 0 Å². The molecular weight excluding hydrogens is 354 g/mol. The largest absolute Gasteiger partial charge is 0.256 e. The molecule has 0 radical (unpaired) electrons. The lowest BCUT2D eigenvalue weighted by Gasteiger charge is -2.48. The number of nitrogens with zero attached hydrogens (tertiary/aromatic N) is 3. The highest BCUT2D eigenvalue weighted by Crippen LogP contribution is 2.55. The summed E-state index contributed by atoms with van der Waals surface area (Å²) in [5, 5.41) is 1.21. The molecule has 0 saturated heterocycles. The van der Waals surface area contributed by atoms with Crippen LogP contribution in [0.4, 0.5) is 0 Å². The van der Waals surface area contributed by atoms with Crippen LogP contribution < -0.4 is 4.68 Å². The first-order valence-corrected chi connectivity index (χ1v) is 10.3. The Morgan fingerprint density at radius 1 is 0.897 bits per heavy atom. The van der Waals surface area contributed by atoms with Crippen molar-refractivity contribution in [2.24, 2.45) is 7.05 Å². The third kappa shape index (κ3) is 2.37. The number of benzene rings is 2. The van der Waals surface area contributed by atoms with E-state index in [1.807, 2.05) is 12.3 Å². The van der Waals surface area contributed by atoms with Gasteiger partial charge in [-0.25, -0.2) is 0 Å². The minimum atomic E-state index is 0.00539. The van der Waals surface area contributed by atoms with Crippen LogP contribution in [0.15, 0.2) is 61.1 Å². The molecule has 146 valence electrons. The third-order valence-corrected chi connectivity index (χ3v) is 7.39. The average Bonchev–Trinajstić information content (AvgIpc) is 3.11. The van der Waals surface area contributed by atoms with E-state index in [0.717, 1.165) is 5.52 Å². The van der Waals surface area contributed by atoms with Gasteiger partial charge in [-0.15, -0.1) is 9.36 Å². The lowest BCUT2D eigenvalue weighted by molar-refractivity contribution is -0.744. The van der Waals surface area contributed by atoms with Crippen LogP contribution in [-0.2, 0) is 17.9 Å². The Kier molecular flexibility index (Phi) is 3.62. The molecule has 0 fully saturated rings. The van der Waals surface area contributed by atoms with Gasteiger partial charge in [-0.3, -0.25) is 4.98 Å². The van der Waals surface area contributed by atoms with Gasteiger partial charge in [-0.1, -0.05) is 39.8 Å². The topological polar surface area (TPSA) is 21.7 Å². The lowest BCUT2D eigenvalue weighted by Crippen LogP contribution is -2.44. The maximum Gasteiger partial charge on any atom is 0.195 e. The SMILES string of the molecule is Cc1cc2c(cc1-n1ccc[n+]1C)-c1cc3ncccc3cc1C(C)(C)C2(C)C. The predicted octanol–water partition coefficient (Wildman–Crippen LogP) is 5.39. The fourth-order valence-electron chi connectivity index (χ4n) is 4.89. The van der Waals surface area contributed by atoms with Crippen LogP contribution in [0.1, 0.15) is 44.4 Å². The normalized spacial score (nSPS) is 16.5. The van der Waals surface area contributed by atoms with Crippen molar-refractivity contribution in [3.05, 3.63) is 77.7 Å². The van der Waals surface area contributed by atoms with Crippen molar-refractivity contribution in [3.63, 3.8) is 0 Å². The summed E-state index contributed by atoms with van der Waals surface area (Å²) in [6.07, 6.45) is 6.08. The molecule has 0 unspecified atom stereocenters. The molecule has 0 N–H and O–H groups in total. The van der Waals surface area contributed by atoms with E-state index in [1.165, 1.54) is 38.9 Å². The van der Waals surface area contributed by atoms with Crippen LogP contribution in [0.5, 0.6) is 0 Å². The number of aryl methyl sites for hydroxylation is 2. The Bertz CT molecular complexity index is 1270. The highest BCUT2D eigenvalue weighted by molar-refractivity contribution is 5.90. The fourth-order valence-corrected chi connectivity index (χ4v) is 4.89. The first kappa shape index (κ1) is 18.1. The molecule has 3 nitrogen and oxygen atoms in total. The van der Waals surface area contributed by atoms with Crippen molar-refractivity contribution < 1.29 is 4.68 Å². The molecule has 0 saturated carbocycles. The van der Waals surface area contributed by atoms with E-state index < -0.39 is 0 Å². The smallest absolute Gasteiger partial charge is 0.195 e. The van der Waals surface area contributed by atoms with Crippen molar-refractivity contribution in [3.8, 4) is 16.8 Å². The molecule has 2 aromatic heterocycles. The number of fused-ring (bicyclic) bond motifs is 4. The van der Waals surface area contributed by atoms with Gasteiger partial charge >= 0.3 is 0 Å². The second kappa shape index (κ2) is 5.79. The van der Waals surface area contributed by atoms with E-state index in [9.17, 15) is 0 Å². The zero-order chi connectivity index (χ0) is 20.6. The van der Waals surface area contributed by atoms with E-state index in [2.05, 4.69) is 105 Å². The molecule has 2 heterocycles. The molecular formula is C26H28N3+. The van der Waals surface area contributed by atoms with E-state index >= 15 is 0 Å². The van der Waals surface area contributed by atoms with Gasteiger partial charge in [0.25, 0.3) is 0 Å². The number of rotatable bonds is 1. The molecule has 0 amide bonds. The van der Waals surface area contributed by atoms with E-state index in [0.29, 0.717) is 0 Å². The van der Waals surface area contributed by atoms with Crippen molar-refractivity contribution in [2.45, 2.75) is 45.4 Å². The van der Waals surface area contributed by atoms with Crippen molar-refractivity contribution >= 4 is 10.9 Å². The molecule has 2 aromatic carbocycles. The molecule has 4 aromatic rings. The molecule has 0 aliphatic heterocycles. The molecule has 3 heteroatoms. The molecule has 5 rings (SSSR count). The summed E-state index contributed by atoms with van der Waals surface area (Å²) in [5.74, 6) is 0. The minimum absolute atomic E-state index is 0.00539. The highest BCUT2D eigenvalue weighted by Gasteiger charge is 2.46. The first-order valence-electron chi connectivity index (χ1n) is 10.3. The molecule has 0 bridgehead atoms. The number of aromatic nitrogens is 3. The Morgan fingerprint density at radius 2 is 1.59 bits per heavy atom. The van der Waals surface area contributed by atoms with Gasteiger partial charge in [0, 0.05) is 17.6 Å². The summed E-state index contributed by atoms with van der Waals surface area (Å²) in [6, 6.07) is 15.7. The molecule has 0 atom stereocenters. The van der Waals surface area contributed by atoms with Crippen LogP contribution >= 0.6 is 0 Å². The zero-order valence-corrected chi connectivity index (χ0v) is 18.1. The van der Waals surface area contributed by atoms with Gasteiger partial charge in [0.15, 0.2) is 13.2 Å². The van der Waals surface area contributed by atoms with Crippen molar-refractivity contribution in [2.75, 3.05) is 0 Å². The van der Waals surface area contributed by atoms with Crippen LogP contribution in [0, 0.1) is 6.92 Å². The molecule has 1 aliphatic carbocycles. The van der Waals surface area contributed by atoms with Crippen LogP contribution in [0.2, 0.25) is 0 Å². The van der Waals surface area contributed by atoms with Crippen LogP contribution in [-0.4, -0.2) is 9.67 Å².